The maximum atomic E-state index is 10.7. The Balaban J connectivity index is 1.52. The van der Waals surface area contributed by atoms with E-state index in [9.17, 15) is 5.26 Å². The van der Waals surface area contributed by atoms with E-state index in [0.29, 0.717) is 24.1 Å². The molecular formula is C31H42N2O5. The van der Waals surface area contributed by atoms with Crippen molar-refractivity contribution in [2.24, 2.45) is 11.3 Å². The van der Waals surface area contributed by atoms with Crippen LogP contribution < -0.4 is 23.7 Å². The Hall–Kier alpha value is -3.11. The molecule has 0 aromatic heterocycles. The third-order valence-corrected chi connectivity index (χ3v) is 8.64. The summed E-state index contributed by atoms with van der Waals surface area (Å²) >= 11 is 0. The van der Waals surface area contributed by atoms with E-state index >= 15 is 0 Å². The molecule has 0 saturated carbocycles. The number of methoxy groups -OCH3 is 3. The van der Waals surface area contributed by atoms with E-state index in [-0.39, 0.29) is 12.0 Å². The average Bonchev–Trinajstić information content (AvgIpc) is 2.95. The molecule has 7 heteroatoms. The highest BCUT2D eigenvalue weighted by atomic mass is 16.6. The van der Waals surface area contributed by atoms with Crippen LogP contribution >= 0.6 is 0 Å². The van der Waals surface area contributed by atoms with Gasteiger partial charge in [0.1, 0.15) is 12.0 Å². The molecule has 0 amide bonds. The summed E-state index contributed by atoms with van der Waals surface area (Å²) in [4.78, 5) is 2.39. The van der Waals surface area contributed by atoms with Crippen molar-refractivity contribution in [3.8, 4) is 34.8 Å². The number of ether oxygens (including phenoxy) is 5. The molecule has 2 aromatic rings. The highest BCUT2D eigenvalue weighted by Gasteiger charge is 2.48. The van der Waals surface area contributed by atoms with Crippen LogP contribution in [0.2, 0.25) is 0 Å². The van der Waals surface area contributed by atoms with Gasteiger partial charge in [-0.1, -0.05) is 45.2 Å². The fourth-order valence-corrected chi connectivity index (χ4v) is 6.50. The fraction of sp³-hybridized carbons (Fsp3) is 0.581. The van der Waals surface area contributed by atoms with Crippen molar-refractivity contribution in [3.05, 3.63) is 41.5 Å². The SMILES string of the molecule is CCC(CC)C(C#N)(CCCC1Cc2cc(OC)c(OC)c(OC)c2CN1C)C1COc2ccccc2O1. The molecule has 206 valence electrons. The number of para-hydroxylation sites is 2. The number of hydrogen-bond acceptors (Lipinski definition) is 7. The van der Waals surface area contributed by atoms with Crippen LogP contribution in [0.4, 0.5) is 0 Å². The van der Waals surface area contributed by atoms with Crippen LogP contribution in [0.5, 0.6) is 28.7 Å². The predicted octanol–water partition coefficient (Wildman–Crippen LogP) is 6.03. The van der Waals surface area contributed by atoms with Gasteiger partial charge in [0.05, 0.1) is 27.4 Å². The molecule has 38 heavy (non-hydrogen) atoms. The minimum Gasteiger partial charge on any atom is -0.493 e. The van der Waals surface area contributed by atoms with Crippen LogP contribution in [-0.2, 0) is 13.0 Å². The summed E-state index contributed by atoms with van der Waals surface area (Å²) in [5.74, 6) is 3.80. The van der Waals surface area contributed by atoms with Gasteiger partial charge in [-0.25, -0.2) is 0 Å². The number of hydrogen-bond donors (Lipinski definition) is 0. The third kappa shape index (κ3) is 5.11. The van der Waals surface area contributed by atoms with Crippen molar-refractivity contribution in [2.75, 3.05) is 35.0 Å². The van der Waals surface area contributed by atoms with Gasteiger partial charge in [-0.15, -0.1) is 0 Å². The molecule has 3 atom stereocenters. The topological polar surface area (TPSA) is 73.2 Å². The van der Waals surface area contributed by atoms with Gasteiger partial charge in [0.25, 0.3) is 0 Å². The Morgan fingerprint density at radius 1 is 1.08 bits per heavy atom. The average molecular weight is 523 g/mol. The van der Waals surface area contributed by atoms with Gasteiger partial charge in [-0.3, -0.25) is 4.90 Å². The molecule has 0 saturated heterocycles. The highest BCUT2D eigenvalue weighted by Crippen LogP contribution is 2.47. The summed E-state index contributed by atoms with van der Waals surface area (Å²) in [5.41, 5.74) is 1.77. The van der Waals surface area contributed by atoms with Crippen molar-refractivity contribution >= 4 is 0 Å². The van der Waals surface area contributed by atoms with Gasteiger partial charge in [-0.2, -0.15) is 5.26 Å². The molecule has 7 nitrogen and oxygen atoms in total. The summed E-state index contributed by atoms with van der Waals surface area (Å²) in [6, 6.07) is 13.0. The lowest BCUT2D eigenvalue weighted by molar-refractivity contribution is -0.0217. The molecule has 2 aliphatic rings. The number of benzene rings is 2. The summed E-state index contributed by atoms with van der Waals surface area (Å²) in [6.45, 7) is 5.53. The van der Waals surface area contributed by atoms with Crippen LogP contribution in [0.25, 0.3) is 0 Å². The molecule has 0 bridgehead atoms. The first-order valence-corrected chi connectivity index (χ1v) is 13.8. The lowest BCUT2D eigenvalue weighted by Gasteiger charge is -2.43. The van der Waals surface area contributed by atoms with Crippen molar-refractivity contribution in [1.82, 2.24) is 4.90 Å². The molecule has 0 N–H and O–H groups in total. The van der Waals surface area contributed by atoms with Crippen LogP contribution in [0.15, 0.2) is 30.3 Å². The highest BCUT2D eigenvalue weighted by molar-refractivity contribution is 5.60. The normalized spacial score (nSPS) is 20.3. The van der Waals surface area contributed by atoms with Crippen molar-refractivity contribution in [1.29, 1.82) is 5.26 Å². The van der Waals surface area contributed by atoms with Crippen LogP contribution in [0.3, 0.4) is 0 Å². The van der Waals surface area contributed by atoms with Gasteiger partial charge in [0.15, 0.2) is 29.1 Å². The van der Waals surface area contributed by atoms with Gasteiger partial charge in [0.2, 0.25) is 5.75 Å². The molecule has 0 spiro atoms. The van der Waals surface area contributed by atoms with Gasteiger partial charge < -0.3 is 23.7 Å². The largest absolute Gasteiger partial charge is 0.493 e. The van der Waals surface area contributed by atoms with E-state index in [1.807, 2.05) is 24.3 Å². The summed E-state index contributed by atoms with van der Waals surface area (Å²) < 4.78 is 29.5. The lowest BCUT2D eigenvalue weighted by atomic mass is 9.66. The summed E-state index contributed by atoms with van der Waals surface area (Å²) in [6.07, 6.45) is 5.16. The second kappa shape index (κ2) is 12.2. The third-order valence-electron chi connectivity index (χ3n) is 8.64. The Labute approximate surface area is 227 Å². The summed E-state index contributed by atoms with van der Waals surface area (Å²) in [5, 5.41) is 10.7. The molecule has 2 aliphatic heterocycles. The molecule has 3 unspecified atom stereocenters. The van der Waals surface area contributed by atoms with E-state index in [0.717, 1.165) is 67.9 Å². The van der Waals surface area contributed by atoms with E-state index in [1.165, 1.54) is 5.56 Å². The molecule has 0 radical (unpaired) electrons. The van der Waals surface area contributed by atoms with E-state index in [2.05, 4.69) is 37.9 Å². The molecule has 0 aliphatic carbocycles. The zero-order chi connectivity index (χ0) is 27.3. The van der Waals surface area contributed by atoms with E-state index in [4.69, 9.17) is 23.7 Å². The molecule has 0 fully saturated rings. The van der Waals surface area contributed by atoms with Gasteiger partial charge in [0, 0.05) is 18.2 Å². The molecular weight excluding hydrogens is 480 g/mol. The number of likely N-dealkylation sites (N-methyl/N-ethyl adjacent to an activating group) is 1. The van der Waals surface area contributed by atoms with Gasteiger partial charge in [-0.05, 0) is 56.0 Å². The quantitative estimate of drug-likeness (QED) is 0.357. The number of nitriles is 1. The Morgan fingerprint density at radius 2 is 1.79 bits per heavy atom. The zero-order valence-electron chi connectivity index (χ0n) is 23.7. The molecule has 2 heterocycles. The maximum absolute atomic E-state index is 10.7. The Kier molecular flexibility index (Phi) is 8.94. The summed E-state index contributed by atoms with van der Waals surface area (Å²) in [7, 11) is 7.14. The van der Waals surface area contributed by atoms with Crippen molar-refractivity contribution in [2.45, 2.75) is 71.1 Å². The first-order chi connectivity index (χ1) is 18.5. The van der Waals surface area contributed by atoms with Crippen molar-refractivity contribution in [3.63, 3.8) is 0 Å². The van der Waals surface area contributed by atoms with Crippen LogP contribution in [-0.4, -0.2) is 52.0 Å². The van der Waals surface area contributed by atoms with Crippen molar-refractivity contribution < 1.29 is 23.7 Å². The second-order valence-electron chi connectivity index (χ2n) is 10.5. The number of fused-ring (bicyclic) bond motifs is 2. The Morgan fingerprint density at radius 3 is 2.42 bits per heavy atom. The minimum absolute atomic E-state index is 0.233. The predicted molar refractivity (Wildman–Crippen MR) is 147 cm³/mol. The van der Waals surface area contributed by atoms with Gasteiger partial charge >= 0.3 is 0 Å². The monoisotopic (exact) mass is 522 g/mol. The molecule has 2 aromatic carbocycles. The fourth-order valence-electron chi connectivity index (χ4n) is 6.50. The standard InChI is InChI=1S/C31H42N2O5/c1-7-22(8-2)31(20-32,28-19-37-25-13-9-10-14-26(25)38-28)15-11-12-23-16-21-17-27(34-4)30(36-6)29(35-5)24(21)18-33(23)3/h9-10,13-14,17,22-23,28H,7-8,11-12,15-16,18-19H2,1-6H3. The maximum Gasteiger partial charge on any atom is 0.203 e. The first kappa shape index (κ1) is 27.9. The number of rotatable bonds is 11. The van der Waals surface area contributed by atoms with Crippen LogP contribution in [0, 0.1) is 22.7 Å². The smallest absolute Gasteiger partial charge is 0.203 e. The Bertz CT molecular complexity index is 1140. The van der Waals surface area contributed by atoms with E-state index < -0.39 is 5.41 Å². The zero-order valence-corrected chi connectivity index (χ0v) is 23.7. The number of nitrogens with zero attached hydrogens (tertiary/aromatic N) is 2. The lowest BCUT2D eigenvalue weighted by Crippen LogP contribution is -2.49. The molecule has 4 rings (SSSR count). The van der Waals surface area contributed by atoms with E-state index in [1.54, 1.807) is 21.3 Å². The first-order valence-electron chi connectivity index (χ1n) is 13.8. The minimum atomic E-state index is -0.609. The second-order valence-corrected chi connectivity index (χ2v) is 10.5. The van der Waals surface area contributed by atoms with Crippen LogP contribution in [0.1, 0.15) is 57.1 Å².